The number of pyridine rings is 1. The highest BCUT2D eigenvalue weighted by Gasteiger charge is 2.06. The Morgan fingerprint density at radius 3 is 2.76 bits per heavy atom. The van der Waals surface area contributed by atoms with Gasteiger partial charge in [-0.15, -0.1) is 0 Å². The molecule has 1 heterocycles. The van der Waals surface area contributed by atoms with Crippen molar-refractivity contribution in [2.75, 3.05) is 31.6 Å². The minimum absolute atomic E-state index is 0.135. The van der Waals surface area contributed by atoms with E-state index in [1.807, 2.05) is 6.07 Å². The molecule has 0 bridgehead atoms. The van der Waals surface area contributed by atoms with Crippen LogP contribution in [0.25, 0.3) is 0 Å². The van der Waals surface area contributed by atoms with Gasteiger partial charge in [0, 0.05) is 38.2 Å². The predicted molar refractivity (Wildman–Crippen MR) is 85.7 cm³/mol. The lowest BCUT2D eigenvalue weighted by molar-refractivity contribution is 0.0935. The van der Waals surface area contributed by atoms with E-state index in [1.54, 1.807) is 12.3 Å². The van der Waals surface area contributed by atoms with Crippen molar-refractivity contribution in [2.24, 2.45) is 0 Å². The summed E-state index contributed by atoms with van der Waals surface area (Å²) < 4.78 is 5.45. The van der Waals surface area contributed by atoms with Gasteiger partial charge in [0.1, 0.15) is 5.69 Å². The maximum atomic E-state index is 12.0. The molecule has 118 valence electrons. The van der Waals surface area contributed by atoms with Gasteiger partial charge in [0.05, 0.1) is 0 Å². The second kappa shape index (κ2) is 11.1. The number of hydrogen-bond acceptors (Lipinski definition) is 4. The zero-order valence-corrected chi connectivity index (χ0v) is 13.2. The fourth-order valence-electron chi connectivity index (χ4n) is 1.75. The molecule has 0 aliphatic heterocycles. The van der Waals surface area contributed by atoms with Crippen molar-refractivity contribution in [3.63, 3.8) is 0 Å². The molecule has 1 rings (SSSR count). The quantitative estimate of drug-likeness (QED) is 0.616. The minimum atomic E-state index is -0.135. The highest BCUT2D eigenvalue weighted by atomic mass is 16.5. The summed E-state index contributed by atoms with van der Waals surface area (Å²) in [4.78, 5) is 16.1. The Balaban J connectivity index is 2.25. The first-order valence-corrected chi connectivity index (χ1v) is 7.83. The second-order valence-electron chi connectivity index (χ2n) is 4.93. The molecule has 0 radical (unpaired) electrons. The van der Waals surface area contributed by atoms with Gasteiger partial charge in [-0.05, 0) is 31.4 Å². The Bertz CT molecular complexity index is 410. The van der Waals surface area contributed by atoms with Crippen LogP contribution < -0.4 is 10.6 Å². The summed E-state index contributed by atoms with van der Waals surface area (Å²) in [6.45, 7) is 7.23. The number of hydrogen-bond donors (Lipinski definition) is 2. The number of ether oxygens (including phenoxy) is 1. The third-order valence-electron chi connectivity index (χ3n) is 2.96. The van der Waals surface area contributed by atoms with E-state index in [0.717, 1.165) is 44.5 Å². The van der Waals surface area contributed by atoms with Gasteiger partial charge in [0.25, 0.3) is 5.91 Å². The first-order chi connectivity index (χ1) is 10.3. The Morgan fingerprint density at radius 1 is 1.19 bits per heavy atom. The predicted octanol–water partition coefficient (Wildman–Crippen LogP) is 2.84. The molecule has 0 aliphatic rings. The molecule has 0 atom stereocenters. The SMILES string of the molecule is CCCCOCCCNC(=O)c1cc(NCCC)ccn1. The van der Waals surface area contributed by atoms with Crippen LogP contribution in [-0.4, -0.2) is 37.2 Å². The highest BCUT2D eigenvalue weighted by Crippen LogP contribution is 2.07. The van der Waals surface area contributed by atoms with Crippen LogP contribution in [0.4, 0.5) is 5.69 Å². The Labute approximate surface area is 127 Å². The molecule has 5 nitrogen and oxygen atoms in total. The first-order valence-electron chi connectivity index (χ1n) is 7.83. The maximum Gasteiger partial charge on any atom is 0.269 e. The number of unbranched alkanes of at least 4 members (excludes halogenated alkanes) is 1. The van der Waals surface area contributed by atoms with E-state index < -0.39 is 0 Å². The largest absolute Gasteiger partial charge is 0.385 e. The Morgan fingerprint density at radius 2 is 2.00 bits per heavy atom. The summed E-state index contributed by atoms with van der Waals surface area (Å²) in [5.74, 6) is -0.135. The van der Waals surface area contributed by atoms with Crippen LogP contribution in [0.5, 0.6) is 0 Å². The summed E-state index contributed by atoms with van der Waals surface area (Å²) in [5, 5.41) is 6.11. The average molecular weight is 293 g/mol. The molecule has 0 saturated carbocycles. The third kappa shape index (κ3) is 7.66. The van der Waals surface area contributed by atoms with Crippen LogP contribution in [0, 0.1) is 0 Å². The lowest BCUT2D eigenvalue weighted by atomic mass is 10.3. The second-order valence-corrected chi connectivity index (χ2v) is 4.93. The van der Waals surface area contributed by atoms with Crippen molar-refractivity contribution in [1.29, 1.82) is 0 Å². The van der Waals surface area contributed by atoms with Crippen molar-refractivity contribution in [3.8, 4) is 0 Å². The van der Waals surface area contributed by atoms with Gasteiger partial charge in [-0.3, -0.25) is 9.78 Å². The van der Waals surface area contributed by atoms with Crippen molar-refractivity contribution in [2.45, 2.75) is 39.5 Å². The first kappa shape index (κ1) is 17.4. The van der Waals surface area contributed by atoms with E-state index in [1.165, 1.54) is 0 Å². The smallest absolute Gasteiger partial charge is 0.269 e. The van der Waals surface area contributed by atoms with Gasteiger partial charge >= 0.3 is 0 Å². The van der Waals surface area contributed by atoms with Gasteiger partial charge in [-0.1, -0.05) is 20.3 Å². The van der Waals surface area contributed by atoms with E-state index in [4.69, 9.17) is 4.74 Å². The van der Waals surface area contributed by atoms with E-state index in [2.05, 4.69) is 29.5 Å². The summed E-state index contributed by atoms with van der Waals surface area (Å²) >= 11 is 0. The van der Waals surface area contributed by atoms with Crippen LogP contribution in [0.15, 0.2) is 18.3 Å². The number of carbonyl (C=O) groups is 1. The average Bonchev–Trinajstić information content (AvgIpc) is 2.52. The molecular weight excluding hydrogens is 266 g/mol. The Hall–Kier alpha value is -1.62. The summed E-state index contributed by atoms with van der Waals surface area (Å²) in [6.07, 6.45) is 5.75. The van der Waals surface area contributed by atoms with Crippen molar-refractivity contribution in [1.82, 2.24) is 10.3 Å². The van der Waals surface area contributed by atoms with Crippen molar-refractivity contribution >= 4 is 11.6 Å². The van der Waals surface area contributed by atoms with Gasteiger partial charge in [-0.25, -0.2) is 0 Å². The van der Waals surface area contributed by atoms with Crippen molar-refractivity contribution < 1.29 is 9.53 Å². The number of nitrogens with one attached hydrogen (secondary N) is 2. The van der Waals surface area contributed by atoms with E-state index in [9.17, 15) is 4.79 Å². The molecule has 0 unspecified atom stereocenters. The van der Waals surface area contributed by atoms with Gasteiger partial charge in [0.2, 0.25) is 0 Å². The number of aromatic nitrogens is 1. The minimum Gasteiger partial charge on any atom is -0.385 e. The lowest BCUT2D eigenvalue weighted by Crippen LogP contribution is -2.26. The number of carbonyl (C=O) groups excluding carboxylic acids is 1. The molecule has 0 aromatic carbocycles. The molecule has 1 aromatic heterocycles. The number of rotatable bonds is 11. The van der Waals surface area contributed by atoms with Crippen LogP contribution in [-0.2, 0) is 4.74 Å². The zero-order chi connectivity index (χ0) is 15.3. The van der Waals surface area contributed by atoms with E-state index in [-0.39, 0.29) is 5.91 Å². The van der Waals surface area contributed by atoms with Crippen molar-refractivity contribution in [3.05, 3.63) is 24.0 Å². The van der Waals surface area contributed by atoms with E-state index in [0.29, 0.717) is 18.8 Å². The van der Waals surface area contributed by atoms with Crippen LogP contribution in [0.2, 0.25) is 0 Å². The number of nitrogens with zero attached hydrogens (tertiary/aromatic N) is 1. The van der Waals surface area contributed by atoms with Crippen LogP contribution in [0.3, 0.4) is 0 Å². The maximum absolute atomic E-state index is 12.0. The summed E-state index contributed by atoms with van der Waals surface area (Å²) in [6, 6.07) is 3.65. The fraction of sp³-hybridized carbons (Fsp3) is 0.625. The molecule has 5 heteroatoms. The standard InChI is InChI=1S/C16H27N3O2/c1-3-5-11-21-12-6-9-19-16(20)15-13-14(7-10-18-15)17-8-4-2/h7,10,13H,3-6,8-9,11-12H2,1-2H3,(H,17,18)(H,19,20). The molecule has 0 fully saturated rings. The van der Waals surface area contributed by atoms with Gasteiger partial charge < -0.3 is 15.4 Å². The third-order valence-corrected chi connectivity index (χ3v) is 2.96. The van der Waals surface area contributed by atoms with Crippen LogP contribution >= 0.6 is 0 Å². The molecular formula is C16H27N3O2. The topological polar surface area (TPSA) is 63.2 Å². The monoisotopic (exact) mass is 293 g/mol. The zero-order valence-electron chi connectivity index (χ0n) is 13.2. The molecule has 0 aliphatic carbocycles. The fourth-order valence-corrected chi connectivity index (χ4v) is 1.75. The summed E-state index contributed by atoms with van der Waals surface area (Å²) in [7, 11) is 0. The molecule has 2 N–H and O–H groups in total. The Kier molecular flexibility index (Phi) is 9.20. The molecule has 1 amide bonds. The molecule has 21 heavy (non-hydrogen) atoms. The van der Waals surface area contributed by atoms with Gasteiger partial charge in [0.15, 0.2) is 0 Å². The summed E-state index contributed by atoms with van der Waals surface area (Å²) in [5.41, 5.74) is 1.38. The van der Waals surface area contributed by atoms with E-state index >= 15 is 0 Å². The normalized spacial score (nSPS) is 10.4. The molecule has 0 saturated heterocycles. The van der Waals surface area contributed by atoms with Crippen LogP contribution in [0.1, 0.15) is 50.0 Å². The van der Waals surface area contributed by atoms with Gasteiger partial charge in [-0.2, -0.15) is 0 Å². The highest BCUT2D eigenvalue weighted by molar-refractivity contribution is 5.93. The lowest BCUT2D eigenvalue weighted by Gasteiger charge is -2.08. The molecule has 0 spiro atoms. The number of anilines is 1. The molecule has 1 aromatic rings. The number of amides is 1.